The Morgan fingerprint density at radius 2 is 1.77 bits per heavy atom. The van der Waals surface area contributed by atoms with E-state index in [9.17, 15) is 14.0 Å². The summed E-state index contributed by atoms with van der Waals surface area (Å²) in [4.78, 5) is 29.3. The Morgan fingerprint density at radius 3 is 2.50 bits per heavy atom. The molecule has 2 aliphatic heterocycles. The van der Waals surface area contributed by atoms with Crippen LogP contribution in [0.5, 0.6) is 0 Å². The van der Waals surface area contributed by atoms with Crippen molar-refractivity contribution in [1.29, 1.82) is 0 Å². The molecule has 0 aliphatic carbocycles. The van der Waals surface area contributed by atoms with Gasteiger partial charge < -0.3 is 15.1 Å². The first-order valence-electron chi connectivity index (χ1n) is 8.47. The average Bonchev–Trinajstić information content (AvgIpc) is 2.67. The Bertz CT molecular complexity index is 848. The van der Waals surface area contributed by atoms with Crippen LogP contribution in [0.1, 0.15) is 10.4 Å². The number of piperazine rings is 1. The smallest absolute Gasteiger partial charge is 0.254 e. The zero-order valence-corrected chi connectivity index (χ0v) is 14.9. The van der Waals surface area contributed by atoms with Crippen LogP contribution >= 0.6 is 11.8 Å². The number of benzene rings is 2. The Labute approximate surface area is 155 Å². The van der Waals surface area contributed by atoms with E-state index >= 15 is 0 Å². The van der Waals surface area contributed by atoms with Gasteiger partial charge in [-0.1, -0.05) is 0 Å². The highest BCUT2D eigenvalue weighted by Crippen LogP contribution is 2.32. The fraction of sp³-hybridized carbons (Fsp3) is 0.263. The number of nitrogens with zero attached hydrogens (tertiary/aromatic N) is 2. The lowest BCUT2D eigenvalue weighted by molar-refractivity contribution is -0.113. The van der Waals surface area contributed by atoms with Gasteiger partial charge in [0.05, 0.1) is 11.4 Å². The minimum atomic E-state index is -0.250. The summed E-state index contributed by atoms with van der Waals surface area (Å²) in [6.45, 7) is 2.62. The summed E-state index contributed by atoms with van der Waals surface area (Å²) in [6.07, 6.45) is 0. The van der Waals surface area contributed by atoms with Crippen molar-refractivity contribution in [3.05, 3.63) is 53.8 Å². The zero-order chi connectivity index (χ0) is 18.1. The Morgan fingerprint density at radius 1 is 1.04 bits per heavy atom. The van der Waals surface area contributed by atoms with E-state index in [4.69, 9.17) is 0 Å². The van der Waals surface area contributed by atoms with Crippen molar-refractivity contribution in [3.63, 3.8) is 0 Å². The molecule has 2 aromatic rings. The summed E-state index contributed by atoms with van der Waals surface area (Å²) in [5.41, 5.74) is 2.26. The first-order valence-corrected chi connectivity index (χ1v) is 9.45. The fourth-order valence-electron chi connectivity index (χ4n) is 3.22. The van der Waals surface area contributed by atoms with E-state index in [-0.39, 0.29) is 17.6 Å². The molecule has 5 nitrogen and oxygen atoms in total. The van der Waals surface area contributed by atoms with Crippen LogP contribution in [-0.2, 0) is 4.79 Å². The highest BCUT2D eigenvalue weighted by Gasteiger charge is 2.24. The molecule has 0 aromatic heterocycles. The van der Waals surface area contributed by atoms with Crippen LogP contribution in [0.2, 0.25) is 0 Å². The van der Waals surface area contributed by atoms with Gasteiger partial charge in [-0.25, -0.2) is 4.39 Å². The molecule has 2 amide bonds. The van der Waals surface area contributed by atoms with Gasteiger partial charge in [0.1, 0.15) is 5.82 Å². The number of amides is 2. The lowest BCUT2D eigenvalue weighted by Crippen LogP contribution is -2.48. The molecule has 1 N–H and O–H groups in total. The third-order valence-corrected chi connectivity index (χ3v) is 5.69. The molecule has 0 saturated carbocycles. The number of nitrogens with one attached hydrogen (secondary N) is 1. The predicted octanol–water partition coefficient (Wildman–Crippen LogP) is 2.83. The van der Waals surface area contributed by atoms with E-state index in [1.54, 1.807) is 18.2 Å². The average molecular weight is 371 g/mol. The molecular formula is C19H18FN3O2S. The Hall–Kier alpha value is -2.54. The SMILES string of the molecule is O=C1CSc2ccc(C(=O)N3CCN(c4ccc(F)cc4)CC3)cc2N1. The molecule has 2 aliphatic rings. The predicted molar refractivity (Wildman–Crippen MR) is 100 cm³/mol. The van der Waals surface area contributed by atoms with Gasteiger partial charge in [0.25, 0.3) is 5.91 Å². The van der Waals surface area contributed by atoms with E-state index in [2.05, 4.69) is 10.2 Å². The molecule has 1 fully saturated rings. The monoisotopic (exact) mass is 371 g/mol. The number of rotatable bonds is 2. The molecule has 26 heavy (non-hydrogen) atoms. The maximum Gasteiger partial charge on any atom is 0.254 e. The summed E-state index contributed by atoms with van der Waals surface area (Å²) in [7, 11) is 0. The normalized spacial score (nSPS) is 16.9. The number of thioether (sulfide) groups is 1. The van der Waals surface area contributed by atoms with Crippen molar-refractivity contribution in [2.24, 2.45) is 0 Å². The van der Waals surface area contributed by atoms with Gasteiger partial charge in [0, 0.05) is 42.3 Å². The molecular weight excluding hydrogens is 353 g/mol. The number of carbonyl (C=O) groups excluding carboxylic acids is 2. The van der Waals surface area contributed by atoms with Crippen LogP contribution in [0, 0.1) is 5.82 Å². The minimum absolute atomic E-state index is 0.0311. The highest BCUT2D eigenvalue weighted by atomic mass is 32.2. The molecule has 2 aromatic carbocycles. The molecule has 0 bridgehead atoms. The van der Waals surface area contributed by atoms with Crippen LogP contribution in [-0.4, -0.2) is 48.6 Å². The zero-order valence-electron chi connectivity index (χ0n) is 14.1. The molecule has 4 rings (SSSR count). The molecule has 0 unspecified atom stereocenters. The van der Waals surface area contributed by atoms with Gasteiger partial charge in [-0.05, 0) is 42.5 Å². The molecule has 0 atom stereocenters. The number of anilines is 2. The lowest BCUT2D eigenvalue weighted by Gasteiger charge is -2.36. The van der Waals surface area contributed by atoms with Gasteiger partial charge in [0.2, 0.25) is 5.91 Å². The summed E-state index contributed by atoms with van der Waals surface area (Å²) in [6, 6.07) is 11.9. The Kier molecular flexibility index (Phi) is 4.55. The topological polar surface area (TPSA) is 52.7 Å². The van der Waals surface area contributed by atoms with Gasteiger partial charge >= 0.3 is 0 Å². The molecule has 134 valence electrons. The summed E-state index contributed by atoms with van der Waals surface area (Å²) >= 11 is 1.48. The molecule has 0 radical (unpaired) electrons. The Balaban J connectivity index is 1.43. The van der Waals surface area contributed by atoms with Crippen molar-refractivity contribution in [3.8, 4) is 0 Å². The second-order valence-electron chi connectivity index (χ2n) is 6.30. The van der Waals surface area contributed by atoms with Crippen molar-refractivity contribution in [2.45, 2.75) is 4.90 Å². The van der Waals surface area contributed by atoms with Crippen LogP contribution in [0.15, 0.2) is 47.4 Å². The van der Waals surface area contributed by atoms with Crippen molar-refractivity contribution < 1.29 is 14.0 Å². The molecule has 1 saturated heterocycles. The van der Waals surface area contributed by atoms with Crippen LogP contribution in [0.3, 0.4) is 0 Å². The highest BCUT2D eigenvalue weighted by molar-refractivity contribution is 8.00. The largest absolute Gasteiger partial charge is 0.368 e. The number of fused-ring (bicyclic) bond motifs is 1. The van der Waals surface area contributed by atoms with Crippen LogP contribution in [0.25, 0.3) is 0 Å². The maximum atomic E-state index is 13.1. The minimum Gasteiger partial charge on any atom is -0.368 e. The molecule has 2 heterocycles. The quantitative estimate of drug-likeness (QED) is 0.882. The molecule has 7 heteroatoms. The van der Waals surface area contributed by atoms with E-state index in [1.165, 1.54) is 23.9 Å². The number of halogens is 1. The van der Waals surface area contributed by atoms with Crippen molar-refractivity contribution >= 4 is 35.0 Å². The van der Waals surface area contributed by atoms with E-state index in [0.29, 0.717) is 43.2 Å². The first kappa shape index (κ1) is 16.9. The van der Waals surface area contributed by atoms with Crippen molar-refractivity contribution in [2.75, 3.05) is 42.1 Å². The van der Waals surface area contributed by atoms with Gasteiger partial charge in [-0.15, -0.1) is 11.8 Å². The standard InChI is InChI=1S/C19H18FN3O2S/c20-14-2-4-15(5-3-14)22-7-9-23(10-8-22)19(25)13-1-6-17-16(11-13)21-18(24)12-26-17/h1-6,11H,7-10,12H2,(H,21,24). The second kappa shape index (κ2) is 6.99. The van der Waals surface area contributed by atoms with Gasteiger partial charge in [-0.3, -0.25) is 9.59 Å². The molecule has 0 spiro atoms. The van der Waals surface area contributed by atoms with E-state index < -0.39 is 0 Å². The first-order chi connectivity index (χ1) is 12.6. The number of hydrogen-bond acceptors (Lipinski definition) is 4. The second-order valence-corrected chi connectivity index (χ2v) is 7.32. The van der Waals surface area contributed by atoms with Crippen LogP contribution in [0.4, 0.5) is 15.8 Å². The number of carbonyl (C=O) groups is 2. The van der Waals surface area contributed by atoms with Gasteiger partial charge in [0.15, 0.2) is 0 Å². The summed E-state index contributed by atoms with van der Waals surface area (Å²) in [5, 5.41) is 2.82. The van der Waals surface area contributed by atoms with E-state index in [0.717, 1.165) is 10.6 Å². The number of hydrogen-bond donors (Lipinski definition) is 1. The third-order valence-electron chi connectivity index (χ3n) is 4.62. The van der Waals surface area contributed by atoms with E-state index in [1.807, 2.05) is 17.0 Å². The lowest BCUT2D eigenvalue weighted by atomic mass is 10.1. The summed E-state index contributed by atoms with van der Waals surface area (Å²) < 4.78 is 13.1. The van der Waals surface area contributed by atoms with Crippen LogP contribution < -0.4 is 10.2 Å². The fourth-order valence-corrected chi connectivity index (χ4v) is 4.01. The summed E-state index contributed by atoms with van der Waals surface area (Å²) in [5.74, 6) is 0.0858. The third kappa shape index (κ3) is 3.39. The van der Waals surface area contributed by atoms with Crippen molar-refractivity contribution in [1.82, 2.24) is 4.90 Å². The van der Waals surface area contributed by atoms with Gasteiger partial charge in [-0.2, -0.15) is 0 Å². The maximum absolute atomic E-state index is 13.1.